The smallest absolute Gasteiger partial charge is 0.259 e. The van der Waals surface area contributed by atoms with Gasteiger partial charge in [0.05, 0.1) is 35.6 Å². The van der Waals surface area contributed by atoms with E-state index < -0.39 is 5.82 Å². The summed E-state index contributed by atoms with van der Waals surface area (Å²) in [6.07, 6.45) is 0. The van der Waals surface area contributed by atoms with Gasteiger partial charge < -0.3 is 14.6 Å². The highest BCUT2D eigenvalue weighted by molar-refractivity contribution is 6.07. The Labute approximate surface area is 196 Å². The molecule has 0 bridgehead atoms. The summed E-state index contributed by atoms with van der Waals surface area (Å²) >= 11 is 0. The minimum absolute atomic E-state index is 0.205. The Kier molecular flexibility index (Phi) is 6.33. The van der Waals surface area contributed by atoms with Gasteiger partial charge in [0.2, 0.25) is 0 Å². The number of nitrogens with zero attached hydrogens (tertiary/aromatic N) is 3. The molecule has 1 amide bonds. The summed E-state index contributed by atoms with van der Waals surface area (Å²) in [4.78, 5) is 20.1. The molecule has 4 aromatic rings. The van der Waals surface area contributed by atoms with Crippen molar-refractivity contribution in [3.8, 4) is 11.3 Å². The van der Waals surface area contributed by atoms with E-state index in [4.69, 9.17) is 9.26 Å². The number of ether oxygens (including phenoxy) is 1. The predicted octanol–water partition coefficient (Wildman–Crippen LogP) is 4.10. The molecule has 0 unspecified atom stereocenters. The van der Waals surface area contributed by atoms with Gasteiger partial charge in [-0.1, -0.05) is 41.6 Å². The number of rotatable bonds is 6. The molecular formula is C26H25FN4O3. The van der Waals surface area contributed by atoms with Crippen molar-refractivity contribution in [2.75, 3.05) is 26.3 Å². The first-order valence-electron chi connectivity index (χ1n) is 11.3. The second-order valence-corrected chi connectivity index (χ2v) is 8.32. The van der Waals surface area contributed by atoms with Crippen molar-refractivity contribution in [1.82, 2.24) is 20.4 Å². The lowest BCUT2D eigenvalue weighted by atomic mass is 10.0. The van der Waals surface area contributed by atoms with Crippen LogP contribution in [0.15, 0.2) is 59.1 Å². The third kappa shape index (κ3) is 4.55. The van der Waals surface area contributed by atoms with Gasteiger partial charge in [0, 0.05) is 31.7 Å². The van der Waals surface area contributed by atoms with Crippen LogP contribution < -0.4 is 5.32 Å². The molecule has 0 radical (unpaired) electrons. The van der Waals surface area contributed by atoms with E-state index >= 15 is 0 Å². The summed E-state index contributed by atoms with van der Waals surface area (Å²) in [6, 6.07) is 16.0. The number of carbonyl (C=O) groups excluding carboxylic acids is 1. The summed E-state index contributed by atoms with van der Waals surface area (Å²) < 4.78 is 25.2. The number of morpholine rings is 1. The molecule has 2 aromatic carbocycles. The van der Waals surface area contributed by atoms with Gasteiger partial charge in [-0.25, -0.2) is 9.37 Å². The van der Waals surface area contributed by atoms with Crippen molar-refractivity contribution < 1.29 is 18.4 Å². The number of halogens is 1. The fourth-order valence-corrected chi connectivity index (χ4v) is 4.24. The number of carbonyl (C=O) groups is 1. The van der Waals surface area contributed by atoms with Gasteiger partial charge in [0.15, 0.2) is 0 Å². The molecule has 0 saturated carbocycles. The molecule has 34 heavy (non-hydrogen) atoms. The highest BCUT2D eigenvalue weighted by Gasteiger charge is 2.21. The van der Waals surface area contributed by atoms with Gasteiger partial charge in [-0.05, 0) is 36.2 Å². The Hall–Kier alpha value is -3.62. The number of fused-ring (bicyclic) bond motifs is 1. The van der Waals surface area contributed by atoms with E-state index in [9.17, 15) is 9.18 Å². The van der Waals surface area contributed by atoms with Crippen LogP contribution in [0.25, 0.3) is 22.4 Å². The molecule has 174 valence electrons. The molecule has 1 aliphatic rings. The van der Waals surface area contributed by atoms with Gasteiger partial charge in [-0.3, -0.25) is 9.69 Å². The molecule has 1 N–H and O–H groups in total. The van der Waals surface area contributed by atoms with E-state index in [1.807, 2.05) is 18.2 Å². The van der Waals surface area contributed by atoms with Gasteiger partial charge >= 0.3 is 0 Å². The fraction of sp³-hybridized carbons (Fsp3) is 0.269. The monoisotopic (exact) mass is 460 g/mol. The van der Waals surface area contributed by atoms with Crippen LogP contribution in [0.2, 0.25) is 0 Å². The van der Waals surface area contributed by atoms with Crippen molar-refractivity contribution in [2.24, 2.45) is 0 Å². The number of nitrogens with one attached hydrogen (secondary N) is 1. The number of aromatic nitrogens is 2. The highest BCUT2D eigenvalue weighted by Crippen LogP contribution is 2.28. The molecular weight excluding hydrogens is 435 g/mol. The number of hydrogen-bond donors (Lipinski definition) is 1. The lowest BCUT2D eigenvalue weighted by molar-refractivity contribution is 0.0340. The third-order valence-corrected chi connectivity index (χ3v) is 6.07. The van der Waals surface area contributed by atoms with E-state index in [1.165, 1.54) is 6.07 Å². The second kappa shape index (κ2) is 9.70. The fourth-order valence-electron chi connectivity index (χ4n) is 4.24. The lowest BCUT2D eigenvalue weighted by Crippen LogP contribution is -2.36. The predicted molar refractivity (Wildman–Crippen MR) is 126 cm³/mol. The van der Waals surface area contributed by atoms with Crippen LogP contribution in [0.1, 0.15) is 27.2 Å². The van der Waals surface area contributed by atoms with Crippen molar-refractivity contribution in [3.05, 3.63) is 82.8 Å². The average molecular weight is 461 g/mol. The molecule has 8 heteroatoms. The summed E-state index contributed by atoms with van der Waals surface area (Å²) in [5, 5.41) is 7.52. The summed E-state index contributed by atoms with van der Waals surface area (Å²) in [5.41, 5.74) is 3.94. The third-order valence-electron chi connectivity index (χ3n) is 6.07. The van der Waals surface area contributed by atoms with Gasteiger partial charge in [0.1, 0.15) is 5.82 Å². The van der Waals surface area contributed by atoms with Crippen molar-refractivity contribution >= 4 is 17.0 Å². The summed E-state index contributed by atoms with van der Waals surface area (Å²) in [5.74, 6) is -0.716. The molecule has 0 atom stereocenters. The zero-order chi connectivity index (χ0) is 23.5. The largest absolute Gasteiger partial charge is 0.379 e. The maximum Gasteiger partial charge on any atom is 0.259 e. The second-order valence-electron chi connectivity index (χ2n) is 8.32. The van der Waals surface area contributed by atoms with Crippen LogP contribution in [-0.2, 0) is 17.8 Å². The standard InChI is InChI=1S/C26H25FN4O3/c1-17-24-21(14-23(29-26(24)34-30-17)20-8-4-5-9-22(20)27)25(32)28-15-18-6-2-3-7-19(18)16-31-10-12-33-13-11-31/h2-9,14H,10-13,15-16H2,1H3,(H,28,32). The van der Waals surface area contributed by atoms with Gasteiger partial charge in [-0.2, -0.15) is 0 Å². The number of benzene rings is 2. The molecule has 7 nitrogen and oxygen atoms in total. The number of aryl methyl sites for hydroxylation is 1. The Morgan fingerprint density at radius 2 is 1.82 bits per heavy atom. The molecule has 1 aliphatic heterocycles. The molecule has 2 aromatic heterocycles. The summed E-state index contributed by atoms with van der Waals surface area (Å²) in [7, 11) is 0. The molecule has 0 aliphatic carbocycles. The van der Waals surface area contributed by atoms with Crippen LogP contribution in [0.5, 0.6) is 0 Å². The zero-order valence-corrected chi connectivity index (χ0v) is 18.9. The normalized spacial score (nSPS) is 14.4. The van der Waals surface area contributed by atoms with E-state index in [0.29, 0.717) is 34.4 Å². The van der Waals surface area contributed by atoms with Crippen molar-refractivity contribution in [2.45, 2.75) is 20.0 Å². The Bertz CT molecular complexity index is 1330. The first kappa shape index (κ1) is 22.2. The maximum absolute atomic E-state index is 14.4. The average Bonchev–Trinajstić information content (AvgIpc) is 3.24. The van der Waals surface area contributed by atoms with Gasteiger partial charge in [-0.15, -0.1) is 0 Å². The van der Waals surface area contributed by atoms with Crippen molar-refractivity contribution in [3.63, 3.8) is 0 Å². The van der Waals surface area contributed by atoms with Crippen molar-refractivity contribution in [1.29, 1.82) is 0 Å². The molecule has 3 heterocycles. The van der Waals surface area contributed by atoms with Crippen LogP contribution in [0.3, 0.4) is 0 Å². The topological polar surface area (TPSA) is 80.5 Å². The van der Waals surface area contributed by atoms with Crippen LogP contribution in [0.4, 0.5) is 4.39 Å². The summed E-state index contributed by atoms with van der Waals surface area (Å²) in [6.45, 7) is 6.17. The minimum atomic E-state index is -0.422. The quantitative estimate of drug-likeness (QED) is 0.467. The van der Waals surface area contributed by atoms with E-state index in [-0.39, 0.29) is 11.6 Å². The van der Waals surface area contributed by atoms with Crippen LogP contribution in [-0.4, -0.2) is 47.3 Å². The lowest BCUT2D eigenvalue weighted by Gasteiger charge is -2.27. The molecule has 0 spiro atoms. The Balaban J connectivity index is 1.41. The first-order chi connectivity index (χ1) is 16.6. The Morgan fingerprint density at radius 1 is 1.09 bits per heavy atom. The zero-order valence-electron chi connectivity index (χ0n) is 18.9. The van der Waals surface area contributed by atoms with E-state index in [2.05, 4.69) is 26.4 Å². The van der Waals surface area contributed by atoms with E-state index in [0.717, 1.165) is 44.0 Å². The first-order valence-corrected chi connectivity index (χ1v) is 11.3. The number of pyridine rings is 1. The minimum Gasteiger partial charge on any atom is -0.379 e. The molecule has 1 saturated heterocycles. The molecule has 5 rings (SSSR count). The SMILES string of the molecule is Cc1noc2nc(-c3ccccc3F)cc(C(=O)NCc3ccccc3CN3CCOCC3)c12. The van der Waals surface area contributed by atoms with Crippen LogP contribution >= 0.6 is 0 Å². The van der Waals surface area contributed by atoms with Crippen LogP contribution in [0, 0.1) is 12.7 Å². The maximum atomic E-state index is 14.4. The van der Waals surface area contributed by atoms with E-state index in [1.54, 1.807) is 31.2 Å². The highest BCUT2D eigenvalue weighted by atomic mass is 19.1. The Morgan fingerprint density at radius 3 is 2.62 bits per heavy atom. The molecule has 1 fully saturated rings. The van der Waals surface area contributed by atoms with Gasteiger partial charge in [0.25, 0.3) is 11.6 Å². The number of amides is 1. The number of hydrogen-bond acceptors (Lipinski definition) is 6.